The molecule has 3 N–H and O–H groups in total. The van der Waals surface area contributed by atoms with Crippen LogP contribution in [0.25, 0.3) is 32.4 Å². The molecule has 0 saturated carbocycles. The fourth-order valence-electron chi connectivity index (χ4n) is 6.18. The number of alkyl halides is 2. The van der Waals surface area contributed by atoms with Gasteiger partial charge in [-0.3, -0.25) is 4.57 Å². The predicted molar refractivity (Wildman–Crippen MR) is 200 cm³/mol. The standard InChI is InChI=1S/C36H27F2N4O5PS.3Na/c37-36(38,48(45,46)47)27-16-12-24(13-17-27)21-35(26-6-2-1-3-7-26,42-31-9-5-4-8-29(31)40-41-42)20-23-10-14-25(15-11-23)28-22-49-32-19-18-30(34(43)44)39-33(28)32;;;/h1-19,22H,20-21H2,(H,43,44)(H2,45,46,47);;;. The molecule has 16 heteroatoms. The van der Waals surface area contributed by atoms with E-state index in [4.69, 9.17) is 0 Å². The number of para-hydroxylation sites is 1. The van der Waals surface area contributed by atoms with E-state index < -0.39 is 30.3 Å². The number of halogens is 2. The Bertz CT molecular complexity index is 2380. The smallest absolute Gasteiger partial charge is 0.399 e. The summed E-state index contributed by atoms with van der Waals surface area (Å²) in [7, 11) is -5.74. The summed E-state index contributed by atoms with van der Waals surface area (Å²) >= 11 is 1.48. The van der Waals surface area contributed by atoms with E-state index in [1.807, 2.05) is 88.9 Å². The van der Waals surface area contributed by atoms with E-state index in [2.05, 4.69) is 15.3 Å². The molecule has 0 saturated heterocycles. The number of aromatic nitrogens is 4. The van der Waals surface area contributed by atoms with Crippen molar-refractivity contribution in [3.63, 3.8) is 0 Å². The molecule has 52 heavy (non-hydrogen) atoms. The topological polar surface area (TPSA) is 138 Å². The van der Waals surface area contributed by atoms with Crippen LogP contribution in [0.5, 0.6) is 0 Å². The number of rotatable bonds is 10. The Hall–Kier alpha value is -2.13. The van der Waals surface area contributed by atoms with E-state index in [1.54, 1.807) is 6.07 Å². The number of hydrogen-bond donors (Lipinski definition) is 3. The van der Waals surface area contributed by atoms with Gasteiger partial charge in [-0.2, -0.15) is 8.78 Å². The normalized spacial score (nSPS) is 12.7. The van der Waals surface area contributed by atoms with Gasteiger partial charge in [0.1, 0.15) is 11.2 Å². The van der Waals surface area contributed by atoms with Gasteiger partial charge in [0.25, 0.3) is 0 Å². The van der Waals surface area contributed by atoms with Crippen LogP contribution in [-0.2, 0) is 28.6 Å². The first-order valence-corrected chi connectivity index (χ1v) is 17.6. The molecule has 0 spiro atoms. The average molecular weight is 766 g/mol. The van der Waals surface area contributed by atoms with Gasteiger partial charge in [0.2, 0.25) is 0 Å². The Balaban J connectivity index is 0.00000202. The Morgan fingerprint density at radius 2 is 1.37 bits per heavy atom. The SMILES string of the molecule is O=C(O)c1ccc2scc(-c3ccc(CC(Cc4ccc(C(F)(F)P(=O)(O)O)cc4)(c4ccccc4)n4nnc5ccccc54)cc3)c2n1.[Na].[Na].[Na]. The van der Waals surface area contributed by atoms with Crippen molar-refractivity contribution in [1.29, 1.82) is 0 Å². The number of carboxylic acids is 1. The summed E-state index contributed by atoms with van der Waals surface area (Å²) in [4.78, 5) is 34.5. The summed E-state index contributed by atoms with van der Waals surface area (Å²) in [6.07, 6.45) is 0.668. The molecule has 0 fully saturated rings. The largest absolute Gasteiger partial charge is 0.477 e. The van der Waals surface area contributed by atoms with E-state index in [0.29, 0.717) is 23.0 Å². The summed E-state index contributed by atoms with van der Waals surface area (Å²) < 4.78 is 43.4. The maximum absolute atomic E-state index is 14.5. The number of pyridine rings is 1. The molecule has 0 amide bonds. The zero-order valence-electron chi connectivity index (χ0n) is 28.5. The molecule has 7 rings (SSSR count). The van der Waals surface area contributed by atoms with Gasteiger partial charge in [0, 0.05) is 118 Å². The van der Waals surface area contributed by atoms with Gasteiger partial charge < -0.3 is 14.9 Å². The van der Waals surface area contributed by atoms with Crippen molar-refractivity contribution in [2.75, 3.05) is 0 Å². The van der Waals surface area contributed by atoms with Gasteiger partial charge in [-0.1, -0.05) is 96.2 Å². The van der Waals surface area contributed by atoms with Crippen molar-refractivity contribution in [3.8, 4) is 11.1 Å². The van der Waals surface area contributed by atoms with Gasteiger partial charge in [-0.25, -0.2) is 14.5 Å². The van der Waals surface area contributed by atoms with Crippen molar-refractivity contribution in [2.24, 2.45) is 0 Å². The molecule has 249 valence electrons. The maximum Gasteiger partial charge on any atom is 0.399 e. The molecular weight excluding hydrogens is 738 g/mol. The molecule has 0 aliphatic rings. The second-order valence-corrected chi connectivity index (χ2v) is 14.3. The molecule has 3 aromatic heterocycles. The summed E-state index contributed by atoms with van der Waals surface area (Å²) in [6.45, 7) is 0. The summed E-state index contributed by atoms with van der Waals surface area (Å²) in [5.74, 6) is -1.10. The number of carbonyl (C=O) groups is 1. The van der Waals surface area contributed by atoms with Crippen molar-refractivity contribution in [3.05, 3.63) is 149 Å². The van der Waals surface area contributed by atoms with Crippen LogP contribution in [0.4, 0.5) is 8.78 Å². The van der Waals surface area contributed by atoms with Gasteiger partial charge in [-0.15, -0.1) is 16.4 Å². The van der Waals surface area contributed by atoms with Gasteiger partial charge in [-0.05, 0) is 46.5 Å². The zero-order valence-corrected chi connectivity index (χ0v) is 36.2. The van der Waals surface area contributed by atoms with Crippen molar-refractivity contribution in [1.82, 2.24) is 20.0 Å². The molecule has 7 aromatic rings. The van der Waals surface area contributed by atoms with E-state index in [-0.39, 0.29) is 101 Å². The third-order valence-corrected chi connectivity index (χ3v) is 10.6. The molecule has 3 radical (unpaired) electrons. The molecule has 0 bridgehead atoms. The van der Waals surface area contributed by atoms with Crippen molar-refractivity contribution >= 4 is 135 Å². The fourth-order valence-corrected chi connectivity index (χ4v) is 7.57. The Labute approximate surface area is 367 Å². The molecule has 1 atom stereocenters. The number of nitrogens with zero attached hydrogens (tertiary/aromatic N) is 4. The number of hydrogen-bond acceptors (Lipinski definition) is 6. The first-order valence-electron chi connectivity index (χ1n) is 15.1. The van der Waals surface area contributed by atoms with Gasteiger partial charge >= 0.3 is 19.2 Å². The van der Waals surface area contributed by atoms with Gasteiger partial charge in [0.15, 0.2) is 0 Å². The number of aromatic carboxylic acids is 1. The van der Waals surface area contributed by atoms with Crippen LogP contribution in [-0.4, -0.2) is 130 Å². The van der Waals surface area contributed by atoms with E-state index in [9.17, 15) is 33.0 Å². The van der Waals surface area contributed by atoms with Crippen molar-refractivity contribution < 1.29 is 33.0 Å². The van der Waals surface area contributed by atoms with Gasteiger partial charge in [0.05, 0.1) is 21.3 Å². The summed E-state index contributed by atoms with van der Waals surface area (Å²) in [5, 5.41) is 20.5. The Morgan fingerprint density at radius 1 is 0.769 bits per heavy atom. The minimum absolute atomic E-state index is 0. The van der Waals surface area contributed by atoms with Crippen molar-refractivity contribution in [2.45, 2.75) is 24.0 Å². The molecule has 1 unspecified atom stereocenters. The molecular formula is C36H27F2N4Na3O5PS. The fraction of sp³-hybridized carbons (Fsp3) is 0.111. The second kappa shape index (κ2) is 17.1. The van der Waals surface area contributed by atoms with Crippen LogP contribution in [0.15, 0.2) is 121 Å². The first kappa shape index (κ1) is 42.6. The number of thiophene rings is 1. The average Bonchev–Trinajstić information content (AvgIpc) is 3.73. The molecule has 0 aliphatic carbocycles. The maximum atomic E-state index is 14.5. The number of benzene rings is 4. The molecule has 9 nitrogen and oxygen atoms in total. The molecule has 4 aromatic carbocycles. The molecule has 0 aliphatic heterocycles. The summed E-state index contributed by atoms with van der Waals surface area (Å²) in [5.41, 5.74) is 0.102. The first-order chi connectivity index (χ1) is 23.5. The third-order valence-electron chi connectivity index (χ3n) is 8.63. The summed E-state index contributed by atoms with van der Waals surface area (Å²) in [6, 6.07) is 33.4. The molecule has 3 heterocycles. The minimum atomic E-state index is -5.74. The second-order valence-electron chi connectivity index (χ2n) is 11.7. The van der Waals surface area contributed by atoms with Crippen LogP contribution in [0.1, 0.15) is 32.7 Å². The van der Waals surface area contributed by atoms with Crippen LogP contribution < -0.4 is 0 Å². The monoisotopic (exact) mass is 765 g/mol. The number of carboxylic acid groups (broad SMARTS) is 1. The minimum Gasteiger partial charge on any atom is -0.477 e. The Morgan fingerprint density at radius 3 is 1.98 bits per heavy atom. The van der Waals surface area contributed by atoms with E-state index >= 15 is 0 Å². The number of fused-ring (bicyclic) bond motifs is 2. The van der Waals surface area contributed by atoms with Crippen LogP contribution in [0.2, 0.25) is 0 Å². The van der Waals surface area contributed by atoms with Crippen LogP contribution >= 0.6 is 18.9 Å². The Kier molecular flexibility index (Phi) is 14.0. The quantitative estimate of drug-likeness (QED) is 0.103. The van der Waals surface area contributed by atoms with E-state index in [0.717, 1.165) is 44.6 Å². The third kappa shape index (κ3) is 8.25. The zero-order chi connectivity index (χ0) is 34.4. The van der Waals surface area contributed by atoms with Crippen LogP contribution in [0.3, 0.4) is 0 Å². The predicted octanol–water partition coefficient (Wildman–Crippen LogP) is 6.72. The van der Waals surface area contributed by atoms with Crippen LogP contribution in [0, 0.1) is 0 Å². The van der Waals surface area contributed by atoms with E-state index in [1.165, 1.54) is 29.5 Å².